The normalized spacial score (nSPS) is 23.3. The molecule has 1 amide bonds. The van der Waals surface area contributed by atoms with E-state index in [1.54, 1.807) is 0 Å². The number of piperidine rings is 1. The molecule has 0 aromatic heterocycles. The predicted octanol–water partition coefficient (Wildman–Crippen LogP) is 2.64. The van der Waals surface area contributed by atoms with E-state index in [9.17, 15) is 4.79 Å². The van der Waals surface area contributed by atoms with Gasteiger partial charge in [0.2, 0.25) is 5.91 Å². The first kappa shape index (κ1) is 15.5. The molecular formula is C15H30N2O. The third-order valence-corrected chi connectivity index (χ3v) is 3.83. The Morgan fingerprint density at radius 2 is 2.00 bits per heavy atom. The number of carbonyl (C=O) groups excluding carboxylic acids is 1. The molecule has 0 aromatic carbocycles. The van der Waals surface area contributed by atoms with Gasteiger partial charge in [0.25, 0.3) is 0 Å². The van der Waals surface area contributed by atoms with Crippen LogP contribution in [-0.4, -0.2) is 29.9 Å². The zero-order valence-electron chi connectivity index (χ0n) is 12.7. The van der Waals surface area contributed by atoms with E-state index in [4.69, 9.17) is 5.73 Å². The molecule has 18 heavy (non-hydrogen) atoms. The first-order valence-corrected chi connectivity index (χ1v) is 7.26. The van der Waals surface area contributed by atoms with Crippen molar-refractivity contribution < 1.29 is 4.79 Å². The highest BCUT2D eigenvalue weighted by molar-refractivity contribution is 5.82. The summed E-state index contributed by atoms with van der Waals surface area (Å²) >= 11 is 0. The van der Waals surface area contributed by atoms with Crippen LogP contribution in [0.5, 0.6) is 0 Å². The van der Waals surface area contributed by atoms with Crippen LogP contribution in [-0.2, 0) is 4.79 Å². The molecule has 1 unspecified atom stereocenters. The van der Waals surface area contributed by atoms with Crippen molar-refractivity contribution in [2.24, 2.45) is 23.0 Å². The Bertz CT molecular complexity index is 281. The lowest BCUT2D eigenvalue weighted by Crippen LogP contribution is -2.53. The maximum atomic E-state index is 12.4. The van der Waals surface area contributed by atoms with Gasteiger partial charge in [0.15, 0.2) is 0 Å². The first-order valence-electron chi connectivity index (χ1n) is 7.26. The molecule has 1 aliphatic heterocycles. The van der Waals surface area contributed by atoms with Crippen molar-refractivity contribution in [2.45, 2.75) is 59.9 Å². The maximum Gasteiger partial charge on any atom is 0.240 e. The van der Waals surface area contributed by atoms with Gasteiger partial charge in [-0.25, -0.2) is 0 Å². The Kier molecular flexibility index (Phi) is 5.20. The van der Waals surface area contributed by atoms with E-state index in [0.29, 0.717) is 11.8 Å². The van der Waals surface area contributed by atoms with E-state index >= 15 is 0 Å². The van der Waals surface area contributed by atoms with Crippen molar-refractivity contribution in [3.05, 3.63) is 0 Å². The van der Waals surface area contributed by atoms with Crippen LogP contribution in [0.4, 0.5) is 0 Å². The molecule has 1 fully saturated rings. The lowest BCUT2D eigenvalue weighted by molar-refractivity contribution is -0.136. The first-order chi connectivity index (χ1) is 8.21. The second-order valence-corrected chi connectivity index (χ2v) is 7.27. The molecule has 0 aliphatic carbocycles. The summed E-state index contributed by atoms with van der Waals surface area (Å²) < 4.78 is 0. The van der Waals surface area contributed by atoms with Crippen LogP contribution >= 0.6 is 0 Å². The molecule has 1 saturated heterocycles. The number of carbonyl (C=O) groups is 1. The summed E-state index contributed by atoms with van der Waals surface area (Å²) in [7, 11) is 0. The highest BCUT2D eigenvalue weighted by atomic mass is 16.2. The van der Waals surface area contributed by atoms with Gasteiger partial charge in [-0.2, -0.15) is 0 Å². The maximum absolute atomic E-state index is 12.4. The fourth-order valence-electron chi connectivity index (χ4n) is 2.69. The van der Waals surface area contributed by atoms with Crippen molar-refractivity contribution in [2.75, 3.05) is 13.1 Å². The summed E-state index contributed by atoms with van der Waals surface area (Å²) in [6.07, 6.45) is 3.60. The number of hydrogen-bond donors (Lipinski definition) is 1. The Labute approximate surface area is 112 Å². The molecule has 2 N–H and O–H groups in total. The van der Waals surface area contributed by atoms with Gasteiger partial charge in [0.05, 0.1) is 6.04 Å². The molecule has 0 radical (unpaired) electrons. The topological polar surface area (TPSA) is 46.3 Å². The van der Waals surface area contributed by atoms with Crippen LogP contribution in [0.3, 0.4) is 0 Å². The average Bonchev–Trinajstić information content (AvgIpc) is 2.25. The molecule has 3 heteroatoms. The molecule has 1 aliphatic rings. The molecule has 0 spiro atoms. The van der Waals surface area contributed by atoms with Gasteiger partial charge in [0.1, 0.15) is 0 Å². The lowest BCUT2D eigenvalue weighted by Gasteiger charge is -2.37. The van der Waals surface area contributed by atoms with Crippen LogP contribution in [0.25, 0.3) is 0 Å². The molecule has 2 atom stereocenters. The lowest BCUT2D eigenvalue weighted by atomic mass is 9.85. The molecule has 0 bridgehead atoms. The van der Waals surface area contributed by atoms with Crippen LogP contribution in [0.15, 0.2) is 0 Å². The number of rotatable bonds is 3. The summed E-state index contributed by atoms with van der Waals surface area (Å²) in [6.45, 7) is 12.4. The second-order valence-electron chi connectivity index (χ2n) is 7.27. The number of amides is 1. The third-order valence-electron chi connectivity index (χ3n) is 3.83. The fraction of sp³-hybridized carbons (Fsp3) is 0.933. The Balaban J connectivity index is 2.58. The standard InChI is InChI=1S/C15H30N2O/c1-11(2)9-12-7-6-8-17(10-12)14(18)13(16)15(3,4)5/h11-13H,6-10,16H2,1-5H3/t12?,13-/m1/s1. The highest BCUT2D eigenvalue weighted by Crippen LogP contribution is 2.25. The minimum Gasteiger partial charge on any atom is -0.341 e. The van der Waals surface area contributed by atoms with Gasteiger partial charge >= 0.3 is 0 Å². The quantitative estimate of drug-likeness (QED) is 0.841. The zero-order valence-corrected chi connectivity index (χ0v) is 12.7. The number of likely N-dealkylation sites (tertiary alicyclic amines) is 1. The van der Waals surface area contributed by atoms with E-state index in [-0.39, 0.29) is 17.4 Å². The van der Waals surface area contributed by atoms with Gasteiger partial charge < -0.3 is 10.6 Å². The van der Waals surface area contributed by atoms with Crippen molar-refractivity contribution in [3.8, 4) is 0 Å². The van der Waals surface area contributed by atoms with Gasteiger partial charge in [-0.3, -0.25) is 4.79 Å². The molecule has 1 heterocycles. The molecule has 3 nitrogen and oxygen atoms in total. The molecule has 106 valence electrons. The Morgan fingerprint density at radius 1 is 1.39 bits per heavy atom. The van der Waals surface area contributed by atoms with E-state index < -0.39 is 0 Å². The minimum absolute atomic E-state index is 0.135. The van der Waals surface area contributed by atoms with Gasteiger partial charge in [-0.15, -0.1) is 0 Å². The van der Waals surface area contributed by atoms with Gasteiger partial charge in [-0.05, 0) is 36.5 Å². The molecule has 0 aromatic rings. The van der Waals surface area contributed by atoms with Crippen LogP contribution in [0.1, 0.15) is 53.9 Å². The van der Waals surface area contributed by atoms with E-state index in [1.807, 2.05) is 25.7 Å². The van der Waals surface area contributed by atoms with Gasteiger partial charge in [0, 0.05) is 13.1 Å². The Morgan fingerprint density at radius 3 is 2.50 bits per heavy atom. The van der Waals surface area contributed by atoms with Crippen molar-refractivity contribution >= 4 is 5.91 Å². The van der Waals surface area contributed by atoms with Crippen molar-refractivity contribution in [1.82, 2.24) is 4.90 Å². The van der Waals surface area contributed by atoms with Crippen LogP contribution < -0.4 is 5.73 Å². The zero-order chi connectivity index (χ0) is 13.9. The second kappa shape index (κ2) is 6.05. The van der Waals surface area contributed by atoms with E-state index in [2.05, 4.69) is 13.8 Å². The van der Waals surface area contributed by atoms with Crippen LogP contribution in [0.2, 0.25) is 0 Å². The van der Waals surface area contributed by atoms with E-state index in [1.165, 1.54) is 12.8 Å². The minimum atomic E-state index is -0.379. The fourth-order valence-corrected chi connectivity index (χ4v) is 2.69. The van der Waals surface area contributed by atoms with Gasteiger partial charge in [-0.1, -0.05) is 34.6 Å². The van der Waals surface area contributed by atoms with Crippen molar-refractivity contribution in [3.63, 3.8) is 0 Å². The SMILES string of the molecule is CC(C)CC1CCCN(C(=O)[C@@H](N)C(C)(C)C)C1. The Hall–Kier alpha value is -0.570. The summed E-state index contributed by atoms with van der Waals surface area (Å²) in [6, 6.07) is -0.379. The summed E-state index contributed by atoms with van der Waals surface area (Å²) in [5.41, 5.74) is 5.93. The van der Waals surface area contributed by atoms with E-state index in [0.717, 1.165) is 19.5 Å². The largest absolute Gasteiger partial charge is 0.341 e. The summed E-state index contributed by atoms with van der Waals surface area (Å²) in [4.78, 5) is 14.4. The summed E-state index contributed by atoms with van der Waals surface area (Å²) in [5, 5.41) is 0. The summed E-state index contributed by atoms with van der Waals surface area (Å²) in [5.74, 6) is 1.51. The number of nitrogens with two attached hydrogens (primary N) is 1. The number of nitrogens with zero attached hydrogens (tertiary/aromatic N) is 1. The van der Waals surface area contributed by atoms with Crippen molar-refractivity contribution in [1.29, 1.82) is 0 Å². The molecular weight excluding hydrogens is 224 g/mol. The molecule has 0 saturated carbocycles. The smallest absolute Gasteiger partial charge is 0.240 e. The average molecular weight is 254 g/mol. The third kappa shape index (κ3) is 4.27. The molecule has 1 rings (SSSR count). The monoisotopic (exact) mass is 254 g/mol. The highest BCUT2D eigenvalue weighted by Gasteiger charge is 2.33. The predicted molar refractivity (Wildman–Crippen MR) is 76.2 cm³/mol. The van der Waals surface area contributed by atoms with Crippen LogP contribution in [0, 0.1) is 17.3 Å². The number of hydrogen-bond acceptors (Lipinski definition) is 2.